The Hall–Kier alpha value is -3.54. The lowest BCUT2D eigenvalue weighted by molar-refractivity contribution is 0.0664. The first-order valence-corrected chi connectivity index (χ1v) is 13.1. The molecule has 1 aromatic carbocycles. The van der Waals surface area contributed by atoms with Gasteiger partial charge in [-0.3, -0.25) is 9.69 Å². The normalized spacial score (nSPS) is 18.6. The van der Waals surface area contributed by atoms with Crippen molar-refractivity contribution >= 4 is 29.0 Å². The zero-order valence-corrected chi connectivity index (χ0v) is 22.1. The number of carbonyl (C=O) groups is 1. The highest BCUT2D eigenvalue weighted by atomic mass is 35.5. The summed E-state index contributed by atoms with van der Waals surface area (Å²) in [5.41, 5.74) is 3.56. The Morgan fingerprint density at radius 2 is 1.86 bits per heavy atom. The zero-order valence-electron chi connectivity index (χ0n) is 21.3. The number of nitrogens with zero attached hydrogens (tertiary/aromatic N) is 7. The van der Waals surface area contributed by atoms with Crippen LogP contribution in [0.4, 0.5) is 11.5 Å². The number of anilines is 2. The Kier molecular flexibility index (Phi) is 7.36. The number of benzene rings is 1. The first-order chi connectivity index (χ1) is 17.9. The predicted octanol–water partition coefficient (Wildman–Crippen LogP) is 3.62. The average Bonchev–Trinajstić information content (AvgIpc) is 3.28. The lowest BCUT2D eigenvalue weighted by Gasteiger charge is -2.41. The largest absolute Gasteiger partial charge is 0.368 e. The second-order valence-electron chi connectivity index (χ2n) is 9.87. The van der Waals surface area contributed by atoms with E-state index in [1.807, 2.05) is 59.0 Å². The van der Waals surface area contributed by atoms with Crippen LogP contribution in [-0.2, 0) is 13.6 Å². The fourth-order valence-corrected chi connectivity index (χ4v) is 5.57. The van der Waals surface area contributed by atoms with Crippen molar-refractivity contribution in [2.24, 2.45) is 7.05 Å². The number of rotatable bonds is 5. The Morgan fingerprint density at radius 3 is 2.59 bits per heavy atom. The van der Waals surface area contributed by atoms with Crippen LogP contribution < -0.4 is 9.80 Å². The minimum atomic E-state index is 0.0665. The van der Waals surface area contributed by atoms with E-state index in [4.69, 9.17) is 11.6 Å². The summed E-state index contributed by atoms with van der Waals surface area (Å²) >= 11 is 6.33. The summed E-state index contributed by atoms with van der Waals surface area (Å²) in [6, 6.07) is 15.7. The van der Waals surface area contributed by atoms with E-state index in [-0.39, 0.29) is 11.9 Å². The van der Waals surface area contributed by atoms with Gasteiger partial charge in [-0.05, 0) is 48.9 Å². The molecule has 0 spiro atoms. The summed E-state index contributed by atoms with van der Waals surface area (Å²) in [6.07, 6.45) is 3.85. The van der Waals surface area contributed by atoms with Crippen molar-refractivity contribution in [1.82, 2.24) is 19.4 Å². The predicted molar refractivity (Wildman–Crippen MR) is 146 cm³/mol. The smallest absolute Gasteiger partial charge is 0.270 e. The maximum absolute atomic E-state index is 13.5. The van der Waals surface area contributed by atoms with Gasteiger partial charge in [-0.2, -0.15) is 5.26 Å². The summed E-state index contributed by atoms with van der Waals surface area (Å²) in [4.78, 5) is 26.8. The van der Waals surface area contributed by atoms with E-state index in [0.717, 1.165) is 68.6 Å². The molecule has 8 nitrogen and oxygen atoms in total. The fraction of sp³-hybridized carbons (Fsp3) is 0.393. The lowest BCUT2D eigenvalue weighted by Crippen LogP contribution is -2.54. The van der Waals surface area contributed by atoms with Crippen molar-refractivity contribution in [3.63, 3.8) is 0 Å². The van der Waals surface area contributed by atoms with Crippen LogP contribution >= 0.6 is 11.6 Å². The maximum Gasteiger partial charge on any atom is 0.270 e. The molecule has 2 aliphatic heterocycles. The molecule has 0 unspecified atom stereocenters. The standard InChI is InChI=1S/C28H32ClN7O/c1-21-18-35(24-6-3-5-22(15-24)17-30)13-14-36(21)28(37)26-16-23(19-32(26)2)20-33-9-11-34(12-10-33)27-25(29)7-4-8-31-27/h3-8,15-16,19,21H,9-14,18,20H2,1-2H3/t21-/m0/s1. The fourth-order valence-electron chi connectivity index (χ4n) is 5.33. The van der Waals surface area contributed by atoms with Crippen LogP contribution in [0.3, 0.4) is 0 Å². The van der Waals surface area contributed by atoms with Gasteiger partial charge in [-0.25, -0.2) is 4.98 Å². The Morgan fingerprint density at radius 1 is 1.08 bits per heavy atom. The Labute approximate surface area is 223 Å². The highest BCUT2D eigenvalue weighted by Gasteiger charge is 2.30. The van der Waals surface area contributed by atoms with E-state index in [1.165, 1.54) is 0 Å². The first kappa shape index (κ1) is 25.1. The van der Waals surface area contributed by atoms with Crippen molar-refractivity contribution in [2.45, 2.75) is 19.5 Å². The number of carbonyl (C=O) groups excluding carboxylic acids is 1. The molecule has 2 saturated heterocycles. The van der Waals surface area contributed by atoms with E-state index in [2.05, 4.69) is 38.9 Å². The van der Waals surface area contributed by atoms with E-state index >= 15 is 0 Å². The SMILES string of the molecule is C[C@H]1CN(c2cccc(C#N)c2)CCN1C(=O)c1cc(CN2CCN(c3ncccc3Cl)CC2)cn1C. The molecule has 2 aromatic heterocycles. The van der Waals surface area contributed by atoms with E-state index in [9.17, 15) is 10.1 Å². The summed E-state index contributed by atoms with van der Waals surface area (Å²) in [5.74, 6) is 0.921. The van der Waals surface area contributed by atoms with Crippen LogP contribution in [0, 0.1) is 11.3 Å². The molecule has 37 heavy (non-hydrogen) atoms. The molecule has 192 valence electrons. The number of aromatic nitrogens is 2. The minimum Gasteiger partial charge on any atom is -0.368 e. The molecule has 1 amide bonds. The van der Waals surface area contributed by atoms with Gasteiger partial charge in [0, 0.05) is 83.5 Å². The first-order valence-electron chi connectivity index (χ1n) is 12.7. The van der Waals surface area contributed by atoms with Crippen molar-refractivity contribution in [3.05, 3.63) is 76.7 Å². The second-order valence-corrected chi connectivity index (χ2v) is 10.3. The maximum atomic E-state index is 13.5. The molecule has 0 N–H and O–H groups in total. The van der Waals surface area contributed by atoms with Gasteiger partial charge in [0.25, 0.3) is 5.91 Å². The van der Waals surface area contributed by atoms with Crippen LogP contribution in [0.1, 0.15) is 28.5 Å². The zero-order chi connectivity index (χ0) is 25.9. The van der Waals surface area contributed by atoms with Crippen LogP contribution in [0.2, 0.25) is 5.02 Å². The Bertz CT molecular complexity index is 1310. The number of piperazine rings is 2. The molecular formula is C28H32ClN7O. The number of pyridine rings is 1. The van der Waals surface area contributed by atoms with Gasteiger partial charge < -0.3 is 19.3 Å². The van der Waals surface area contributed by atoms with Gasteiger partial charge in [0.1, 0.15) is 11.5 Å². The third-order valence-electron chi connectivity index (χ3n) is 7.33. The third-order valence-corrected chi connectivity index (χ3v) is 7.62. The number of amides is 1. The van der Waals surface area contributed by atoms with E-state index < -0.39 is 0 Å². The number of aryl methyl sites for hydroxylation is 1. The van der Waals surface area contributed by atoms with Gasteiger partial charge in [0.15, 0.2) is 0 Å². The number of halogens is 1. The average molecular weight is 518 g/mol. The van der Waals surface area contributed by atoms with Crippen LogP contribution in [0.5, 0.6) is 0 Å². The summed E-state index contributed by atoms with van der Waals surface area (Å²) in [6.45, 7) is 8.60. The lowest BCUT2D eigenvalue weighted by atomic mass is 10.1. The molecule has 2 fully saturated rings. The molecule has 0 saturated carbocycles. The van der Waals surface area contributed by atoms with Crippen molar-refractivity contribution in [3.8, 4) is 6.07 Å². The van der Waals surface area contributed by atoms with E-state index in [0.29, 0.717) is 17.1 Å². The molecule has 0 bridgehead atoms. The minimum absolute atomic E-state index is 0.0665. The second kappa shape index (κ2) is 10.8. The topological polar surface area (TPSA) is 71.6 Å². The summed E-state index contributed by atoms with van der Waals surface area (Å²) in [7, 11) is 1.95. The summed E-state index contributed by atoms with van der Waals surface area (Å²) in [5, 5.41) is 9.91. The molecule has 0 radical (unpaired) electrons. The molecular weight excluding hydrogens is 486 g/mol. The molecule has 9 heteroatoms. The van der Waals surface area contributed by atoms with Gasteiger partial charge in [-0.15, -0.1) is 0 Å². The number of hydrogen-bond donors (Lipinski definition) is 0. The van der Waals surface area contributed by atoms with Crippen LogP contribution in [-0.4, -0.2) is 77.1 Å². The van der Waals surface area contributed by atoms with Gasteiger partial charge in [-0.1, -0.05) is 17.7 Å². The van der Waals surface area contributed by atoms with Crippen LogP contribution in [0.15, 0.2) is 54.9 Å². The number of nitriles is 1. The summed E-state index contributed by atoms with van der Waals surface area (Å²) < 4.78 is 1.96. The van der Waals surface area contributed by atoms with Crippen molar-refractivity contribution < 1.29 is 4.79 Å². The van der Waals surface area contributed by atoms with Gasteiger partial charge >= 0.3 is 0 Å². The third kappa shape index (κ3) is 5.43. The highest BCUT2D eigenvalue weighted by Crippen LogP contribution is 2.25. The van der Waals surface area contributed by atoms with Gasteiger partial charge in [0.05, 0.1) is 16.7 Å². The molecule has 0 aliphatic carbocycles. The molecule has 1 atom stereocenters. The van der Waals surface area contributed by atoms with E-state index in [1.54, 1.807) is 6.20 Å². The quantitative estimate of drug-likeness (QED) is 0.515. The van der Waals surface area contributed by atoms with Crippen LogP contribution in [0.25, 0.3) is 0 Å². The molecule has 4 heterocycles. The van der Waals surface area contributed by atoms with Crippen molar-refractivity contribution in [2.75, 3.05) is 55.6 Å². The van der Waals surface area contributed by atoms with Gasteiger partial charge in [0.2, 0.25) is 0 Å². The molecule has 5 rings (SSSR count). The number of hydrogen-bond acceptors (Lipinski definition) is 6. The van der Waals surface area contributed by atoms with Crippen molar-refractivity contribution in [1.29, 1.82) is 5.26 Å². The molecule has 2 aliphatic rings. The Balaban J connectivity index is 1.19. The molecule has 3 aromatic rings. The highest BCUT2D eigenvalue weighted by molar-refractivity contribution is 6.32. The monoisotopic (exact) mass is 517 g/mol.